The summed E-state index contributed by atoms with van der Waals surface area (Å²) in [5.74, 6) is 1.11. The number of carbonyl (C=O) groups excluding carboxylic acids is 1. The van der Waals surface area contributed by atoms with Crippen LogP contribution in [0.5, 0.6) is 5.75 Å². The first-order valence-corrected chi connectivity index (χ1v) is 11.3. The van der Waals surface area contributed by atoms with Gasteiger partial charge in [0, 0.05) is 24.5 Å². The second kappa shape index (κ2) is 9.92. The van der Waals surface area contributed by atoms with E-state index in [2.05, 4.69) is 32.5 Å². The number of nitrogens with one attached hydrogen (secondary N) is 3. The molecule has 0 unspecified atom stereocenters. The summed E-state index contributed by atoms with van der Waals surface area (Å²) in [6, 6.07) is 3.41. The molecule has 1 saturated carbocycles. The lowest BCUT2D eigenvalue weighted by molar-refractivity contribution is 0.0918. The minimum Gasteiger partial charge on any atom is -0.490 e. The number of imidazole rings is 1. The summed E-state index contributed by atoms with van der Waals surface area (Å²) in [4.78, 5) is 24.6. The summed E-state index contributed by atoms with van der Waals surface area (Å²) in [5.41, 5.74) is 1.94. The second-order valence-electron chi connectivity index (χ2n) is 8.02. The molecule has 1 fully saturated rings. The van der Waals surface area contributed by atoms with E-state index in [1.807, 2.05) is 0 Å². The van der Waals surface area contributed by atoms with Gasteiger partial charge in [-0.1, -0.05) is 30.1 Å². The van der Waals surface area contributed by atoms with E-state index in [1.165, 1.54) is 12.4 Å². The number of ether oxygens (including phenoxy) is 1. The molecule has 7 nitrogen and oxygen atoms in total. The predicted octanol–water partition coefficient (Wildman–Crippen LogP) is 5.67. The summed E-state index contributed by atoms with van der Waals surface area (Å²) in [7, 11) is 0. The van der Waals surface area contributed by atoms with E-state index >= 15 is 0 Å². The highest BCUT2D eigenvalue weighted by Gasteiger charge is 2.23. The van der Waals surface area contributed by atoms with Gasteiger partial charge in [0.25, 0.3) is 5.91 Å². The maximum Gasteiger partial charge on any atom is 0.255 e. The molecule has 4 rings (SSSR count). The van der Waals surface area contributed by atoms with Gasteiger partial charge < -0.3 is 20.4 Å². The van der Waals surface area contributed by atoms with Gasteiger partial charge in [-0.2, -0.15) is 0 Å². The number of rotatable bonds is 7. The van der Waals surface area contributed by atoms with Crippen LogP contribution in [0.4, 0.5) is 16.0 Å². The van der Waals surface area contributed by atoms with Gasteiger partial charge >= 0.3 is 0 Å². The van der Waals surface area contributed by atoms with Gasteiger partial charge in [-0.15, -0.1) is 0 Å². The molecule has 10 heteroatoms. The van der Waals surface area contributed by atoms with E-state index in [4.69, 9.17) is 27.9 Å². The molecule has 0 atom stereocenters. The number of H-pyrrole nitrogens is 1. The van der Waals surface area contributed by atoms with Crippen molar-refractivity contribution in [3.8, 4) is 5.75 Å². The van der Waals surface area contributed by atoms with Gasteiger partial charge in [-0.25, -0.2) is 9.37 Å². The molecule has 1 aromatic carbocycles. The molecule has 0 aliphatic heterocycles. The average Bonchev–Trinajstić information content (AvgIpc) is 3.17. The number of amides is 1. The van der Waals surface area contributed by atoms with Crippen molar-refractivity contribution in [1.29, 1.82) is 0 Å². The summed E-state index contributed by atoms with van der Waals surface area (Å²) in [6.07, 6.45) is 7.00. The van der Waals surface area contributed by atoms with E-state index in [-0.39, 0.29) is 18.6 Å². The Morgan fingerprint density at radius 2 is 1.94 bits per heavy atom. The van der Waals surface area contributed by atoms with Crippen LogP contribution in [0, 0.1) is 5.92 Å². The van der Waals surface area contributed by atoms with Crippen LogP contribution in [0.1, 0.15) is 43.0 Å². The molecule has 1 amide bonds. The number of pyridine rings is 1. The Hall–Kier alpha value is -2.58. The third-order valence-corrected chi connectivity index (χ3v) is 6.18. The zero-order chi connectivity index (χ0) is 22.7. The van der Waals surface area contributed by atoms with Gasteiger partial charge in [-0.05, 0) is 37.7 Å². The second-order valence-corrected chi connectivity index (χ2v) is 8.84. The van der Waals surface area contributed by atoms with E-state index in [9.17, 15) is 9.18 Å². The summed E-state index contributed by atoms with van der Waals surface area (Å²) in [6.45, 7) is 1.42. The third-order valence-electron chi connectivity index (χ3n) is 5.61. The number of hydrogen-bond acceptors (Lipinski definition) is 5. The van der Waals surface area contributed by atoms with Gasteiger partial charge in [0.1, 0.15) is 19.0 Å². The van der Waals surface area contributed by atoms with Gasteiger partial charge in [-0.3, -0.25) is 9.78 Å². The fourth-order valence-corrected chi connectivity index (χ4v) is 4.32. The van der Waals surface area contributed by atoms with Crippen LogP contribution in [-0.4, -0.2) is 40.2 Å². The van der Waals surface area contributed by atoms with Crippen molar-refractivity contribution in [2.75, 3.05) is 18.6 Å². The lowest BCUT2D eigenvalue weighted by Crippen LogP contribution is -2.37. The highest BCUT2D eigenvalue weighted by atomic mass is 35.5. The van der Waals surface area contributed by atoms with Gasteiger partial charge in [0.05, 0.1) is 32.3 Å². The van der Waals surface area contributed by atoms with Crippen LogP contribution in [0.25, 0.3) is 11.0 Å². The molecule has 2 heterocycles. The summed E-state index contributed by atoms with van der Waals surface area (Å²) >= 11 is 12.3. The first kappa shape index (κ1) is 22.6. The first-order valence-electron chi connectivity index (χ1n) is 10.5. The Bertz CT molecular complexity index is 1090. The molecule has 0 bridgehead atoms. The fourth-order valence-electron chi connectivity index (χ4n) is 3.86. The van der Waals surface area contributed by atoms with E-state index < -0.39 is 6.67 Å². The van der Waals surface area contributed by atoms with Crippen molar-refractivity contribution >= 4 is 51.8 Å². The lowest BCUT2D eigenvalue weighted by atomic mass is 9.87. The minimum atomic E-state index is -0.658. The van der Waals surface area contributed by atoms with E-state index in [0.29, 0.717) is 49.9 Å². The Morgan fingerprint density at radius 3 is 2.62 bits per heavy atom. The summed E-state index contributed by atoms with van der Waals surface area (Å²) < 4.78 is 18.3. The zero-order valence-corrected chi connectivity index (χ0v) is 19.1. The zero-order valence-electron chi connectivity index (χ0n) is 17.6. The van der Waals surface area contributed by atoms with Gasteiger partial charge in [0.2, 0.25) is 5.95 Å². The van der Waals surface area contributed by atoms with Crippen molar-refractivity contribution in [2.24, 2.45) is 5.92 Å². The Labute approximate surface area is 195 Å². The van der Waals surface area contributed by atoms with Crippen molar-refractivity contribution in [2.45, 2.75) is 38.6 Å². The first-order chi connectivity index (χ1) is 15.4. The fraction of sp³-hybridized carbons (Fsp3) is 0.409. The number of benzene rings is 1. The van der Waals surface area contributed by atoms with Crippen LogP contribution in [0.2, 0.25) is 10.0 Å². The Morgan fingerprint density at radius 1 is 1.22 bits per heavy atom. The largest absolute Gasteiger partial charge is 0.490 e. The van der Waals surface area contributed by atoms with Crippen molar-refractivity contribution in [3.63, 3.8) is 0 Å². The standard InChI is InChI=1S/C22H24Cl2FN5O2/c1-12-2-4-13(5-3-12)27-21(31)14-8-17-18(9-19(14)32-7-6-25)29-22(28-17)30-20-15(23)10-26-11-16(20)24/h8-13H,2-7H2,1H3,(H,27,31)(H2,26,28,29,30)/t12-,13-. The summed E-state index contributed by atoms with van der Waals surface area (Å²) in [5, 5.41) is 6.81. The van der Waals surface area contributed by atoms with E-state index in [0.717, 1.165) is 25.7 Å². The third kappa shape index (κ3) is 5.07. The number of fused-ring (bicyclic) bond motifs is 1. The molecule has 3 N–H and O–H groups in total. The number of nitrogens with zero attached hydrogens (tertiary/aromatic N) is 2. The highest BCUT2D eigenvalue weighted by Crippen LogP contribution is 2.33. The predicted molar refractivity (Wildman–Crippen MR) is 124 cm³/mol. The highest BCUT2D eigenvalue weighted by molar-refractivity contribution is 6.39. The average molecular weight is 480 g/mol. The maximum absolute atomic E-state index is 13.0. The van der Waals surface area contributed by atoms with Crippen LogP contribution < -0.4 is 15.4 Å². The smallest absolute Gasteiger partial charge is 0.255 e. The van der Waals surface area contributed by atoms with Crippen molar-refractivity contribution < 1.29 is 13.9 Å². The van der Waals surface area contributed by atoms with E-state index in [1.54, 1.807) is 12.1 Å². The Kier molecular flexibility index (Phi) is 7.01. The monoisotopic (exact) mass is 479 g/mol. The number of aromatic nitrogens is 3. The number of hydrogen-bond donors (Lipinski definition) is 3. The number of carbonyl (C=O) groups is 1. The topological polar surface area (TPSA) is 91.9 Å². The molecule has 0 radical (unpaired) electrons. The number of anilines is 2. The SMILES string of the molecule is C[C@H]1CC[C@H](NC(=O)c2cc3nc(Nc4c(Cl)cncc4Cl)[nH]c3cc2OCCF)CC1. The Balaban J connectivity index is 1.61. The van der Waals surface area contributed by atoms with Crippen molar-refractivity contribution in [3.05, 3.63) is 40.1 Å². The molecule has 2 aromatic heterocycles. The molecule has 3 aromatic rings. The van der Waals surface area contributed by atoms with Crippen LogP contribution >= 0.6 is 23.2 Å². The molecular formula is C22H24Cl2FN5O2. The molecule has 1 aliphatic rings. The molecule has 0 spiro atoms. The van der Waals surface area contributed by atoms with Crippen LogP contribution in [0.15, 0.2) is 24.5 Å². The van der Waals surface area contributed by atoms with Gasteiger partial charge in [0.15, 0.2) is 0 Å². The molecule has 32 heavy (non-hydrogen) atoms. The van der Waals surface area contributed by atoms with Crippen molar-refractivity contribution in [1.82, 2.24) is 20.3 Å². The minimum absolute atomic E-state index is 0.121. The maximum atomic E-state index is 13.0. The normalized spacial score (nSPS) is 18.5. The number of halogens is 3. The van der Waals surface area contributed by atoms with Crippen LogP contribution in [-0.2, 0) is 0 Å². The quantitative estimate of drug-likeness (QED) is 0.406. The molecule has 170 valence electrons. The van der Waals surface area contributed by atoms with Crippen LogP contribution in [0.3, 0.4) is 0 Å². The lowest BCUT2D eigenvalue weighted by Gasteiger charge is -2.27. The molecule has 1 aliphatic carbocycles. The molecule has 0 saturated heterocycles. The number of alkyl halides is 1. The molecular weight excluding hydrogens is 456 g/mol. The number of aromatic amines is 1.